The Balaban J connectivity index is 2.94. The molecule has 0 aliphatic heterocycles. The van der Waals surface area contributed by atoms with Crippen molar-refractivity contribution in [3.8, 4) is 5.75 Å². The van der Waals surface area contributed by atoms with Crippen molar-refractivity contribution in [3.05, 3.63) is 35.4 Å². The van der Waals surface area contributed by atoms with Gasteiger partial charge in [-0.25, -0.2) is 0 Å². The summed E-state index contributed by atoms with van der Waals surface area (Å²) in [6, 6.07) is 6.07. The van der Waals surface area contributed by atoms with E-state index in [0.717, 1.165) is 11.3 Å². The zero-order valence-corrected chi connectivity index (χ0v) is 8.64. The van der Waals surface area contributed by atoms with Crippen molar-refractivity contribution in [2.45, 2.75) is 6.92 Å². The molecule has 0 fully saturated rings. The molecule has 1 aromatic carbocycles. The van der Waals surface area contributed by atoms with E-state index in [1.807, 2.05) is 31.2 Å². The molecule has 0 atom stereocenters. The average molecular weight is 197 g/mol. The summed E-state index contributed by atoms with van der Waals surface area (Å²) in [6.45, 7) is 2.04. The number of methoxy groups -OCH3 is 1. The van der Waals surface area contributed by atoms with Gasteiger partial charge in [0.1, 0.15) is 5.75 Å². The SMILES string of the molecule is COc1cc(C)cc(C=CCCl)c1. The third-order valence-corrected chi connectivity index (χ3v) is 1.89. The number of hydrogen-bond donors (Lipinski definition) is 0. The lowest BCUT2D eigenvalue weighted by Crippen LogP contribution is -1.85. The van der Waals surface area contributed by atoms with Crippen LogP contribution in [0.2, 0.25) is 0 Å². The molecule has 1 nitrogen and oxygen atoms in total. The highest BCUT2D eigenvalue weighted by atomic mass is 35.5. The van der Waals surface area contributed by atoms with E-state index in [2.05, 4.69) is 6.07 Å². The zero-order valence-electron chi connectivity index (χ0n) is 7.88. The molecule has 0 aromatic heterocycles. The molecule has 0 unspecified atom stereocenters. The summed E-state index contributed by atoms with van der Waals surface area (Å²) >= 11 is 5.55. The van der Waals surface area contributed by atoms with Gasteiger partial charge < -0.3 is 4.74 Å². The van der Waals surface area contributed by atoms with Gasteiger partial charge in [0.2, 0.25) is 0 Å². The van der Waals surface area contributed by atoms with Crippen LogP contribution in [-0.2, 0) is 0 Å². The van der Waals surface area contributed by atoms with E-state index in [1.165, 1.54) is 5.56 Å². The predicted molar refractivity (Wildman–Crippen MR) is 57.5 cm³/mol. The second kappa shape index (κ2) is 4.93. The summed E-state index contributed by atoms with van der Waals surface area (Å²) in [4.78, 5) is 0. The molecular formula is C11H13ClO. The van der Waals surface area contributed by atoms with Gasteiger partial charge in [-0.05, 0) is 30.2 Å². The summed E-state index contributed by atoms with van der Waals surface area (Å²) in [7, 11) is 1.67. The Morgan fingerprint density at radius 1 is 1.38 bits per heavy atom. The highest BCUT2D eigenvalue weighted by Gasteiger charge is 1.94. The largest absolute Gasteiger partial charge is 0.497 e. The van der Waals surface area contributed by atoms with Crippen LogP contribution in [0.1, 0.15) is 11.1 Å². The van der Waals surface area contributed by atoms with E-state index >= 15 is 0 Å². The molecule has 0 N–H and O–H groups in total. The molecule has 0 radical (unpaired) electrons. The molecule has 13 heavy (non-hydrogen) atoms. The van der Waals surface area contributed by atoms with E-state index < -0.39 is 0 Å². The number of ether oxygens (including phenoxy) is 1. The average Bonchev–Trinajstić information content (AvgIpc) is 2.14. The van der Waals surface area contributed by atoms with Crippen LogP contribution in [0.5, 0.6) is 5.75 Å². The predicted octanol–water partition coefficient (Wildman–Crippen LogP) is 3.26. The van der Waals surface area contributed by atoms with E-state index in [1.54, 1.807) is 7.11 Å². The Morgan fingerprint density at radius 3 is 2.77 bits per heavy atom. The molecule has 0 spiro atoms. The number of aryl methyl sites for hydroxylation is 1. The molecule has 0 aliphatic carbocycles. The van der Waals surface area contributed by atoms with Gasteiger partial charge in [-0.1, -0.05) is 18.2 Å². The van der Waals surface area contributed by atoms with Crippen molar-refractivity contribution < 1.29 is 4.74 Å². The lowest BCUT2D eigenvalue weighted by atomic mass is 10.1. The number of rotatable bonds is 3. The molecule has 2 heteroatoms. The number of hydrogen-bond acceptors (Lipinski definition) is 1. The molecule has 0 bridgehead atoms. The Kier molecular flexibility index (Phi) is 3.84. The van der Waals surface area contributed by atoms with Gasteiger partial charge in [-0.2, -0.15) is 0 Å². The first-order valence-electron chi connectivity index (χ1n) is 4.14. The van der Waals surface area contributed by atoms with E-state index in [4.69, 9.17) is 16.3 Å². The fourth-order valence-corrected chi connectivity index (χ4v) is 1.26. The lowest BCUT2D eigenvalue weighted by Gasteiger charge is -2.02. The van der Waals surface area contributed by atoms with Gasteiger partial charge in [-0.3, -0.25) is 0 Å². The first kappa shape index (κ1) is 10.1. The third kappa shape index (κ3) is 3.11. The van der Waals surface area contributed by atoms with Gasteiger partial charge in [0, 0.05) is 5.88 Å². The topological polar surface area (TPSA) is 9.23 Å². The monoisotopic (exact) mass is 196 g/mol. The normalized spacial score (nSPS) is 10.7. The van der Waals surface area contributed by atoms with Gasteiger partial charge in [0.25, 0.3) is 0 Å². The standard InChI is InChI=1S/C11H13ClO/c1-9-6-10(4-3-5-12)8-11(7-9)13-2/h3-4,6-8H,5H2,1-2H3. The minimum absolute atomic E-state index is 0.538. The van der Waals surface area contributed by atoms with Gasteiger partial charge in [0.05, 0.1) is 7.11 Å². The van der Waals surface area contributed by atoms with Crippen LogP contribution in [0.4, 0.5) is 0 Å². The number of alkyl halides is 1. The number of allylic oxidation sites excluding steroid dienone is 1. The van der Waals surface area contributed by atoms with Gasteiger partial charge in [0.15, 0.2) is 0 Å². The summed E-state index contributed by atoms with van der Waals surface area (Å²) in [6.07, 6.45) is 3.90. The highest BCUT2D eigenvalue weighted by molar-refractivity contribution is 6.19. The highest BCUT2D eigenvalue weighted by Crippen LogP contribution is 2.17. The minimum atomic E-state index is 0.538. The maximum Gasteiger partial charge on any atom is 0.119 e. The second-order valence-electron chi connectivity index (χ2n) is 2.84. The van der Waals surface area contributed by atoms with E-state index in [0.29, 0.717) is 5.88 Å². The molecular weight excluding hydrogens is 184 g/mol. The van der Waals surface area contributed by atoms with E-state index in [-0.39, 0.29) is 0 Å². The van der Waals surface area contributed by atoms with Crippen LogP contribution in [0.25, 0.3) is 6.08 Å². The number of benzene rings is 1. The maximum absolute atomic E-state index is 5.55. The van der Waals surface area contributed by atoms with Crippen LogP contribution in [0, 0.1) is 6.92 Å². The van der Waals surface area contributed by atoms with E-state index in [9.17, 15) is 0 Å². The van der Waals surface area contributed by atoms with Gasteiger partial charge in [-0.15, -0.1) is 11.6 Å². The van der Waals surface area contributed by atoms with Crippen molar-refractivity contribution in [3.63, 3.8) is 0 Å². The Bertz CT molecular complexity index is 305. The Hall–Kier alpha value is -0.950. The Morgan fingerprint density at radius 2 is 2.15 bits per heavy atom. The Labute approximate surface area is 84.0 Å². The van der Waals surface area contributed by atoms with Crippen LogP contribution in [-0.4, -0.2) is 13.0 Å². The smallest absolute Gasteiger partial charge is 0.119 e. The minimum Gasteiger partial charge on any atom is -0.497 e. The van der Waals surface area contributed by atoms with Crippen molar-refractivity contribution in [2.75, 3.05) is 13.0 Å². The van der Waals surface area contributed by atoms with Gasteiger partial charge >= 0.3 is 0 Å². The fraction of sp³-hybridized carbons (Fsp3) is 0.273. The second-order valence-corrected chi connectivity index (χ2v) is 3.15. The first-order chi connectivity index (χ1) is 6.26. The summed E-state index contributed by atoms with van der Waals surface area (Å²) in [5.74, 6) is 1.42. The molecule has 0 amide bonds. The summed E-state index contributed by atoms with van der Waals surface area (Å²) in [5.41, 5.74) is 2.31. The van der Waals surface area contributed by atoms with Crippen molar-refractivity contribution >= 4 is 17.7 Å². The molecule has 70 valence electrons. The fourth-order valence-electron chi connectivity index (χ4n) is 1.17. The molecule has 0 aliphatic rings. The molecule has 1 aromatic rings. The van der Waals surface area contributed by atoms with Crippen LogP contribution >= 0.6 is 11.6 Å². The van der Waals surface area contributed by atoms with Crippen molar-refractivity contribution in [1.82, 2.24) is 0 Å². The summed E-state index contributed by atoms with van der Waals surface area (Å²) in [5, 5.41) is 0. The van der Waals surface area contributed by atoms with Crippen LogP contribution < -0.4 is 4.74 Å². The van der Waals surface area contributed by atoms with Crippen LogP contribution in [0.15, 0.2) is 24.3 Å². The molecule has 0 heterocycles. The first-order valence-corrected chi connectivity index (χ1v) is 4.68. The van der Waals surface area contributed by atoms with Crippen LogP contribution in [0.3, 0.4) is 0 Å². The summed E-state index contributed by atoms with van der Waals surface area (Å²) < 4.78 is 5.15. The quantitative estimate of drug-likeness (QED) is 0.675. The molecule has 1 rings (SSSR count). The molecule has 0 saturated carbocycles. The number of halogens is 1. The zero-order chi connectivity index (χ0) is 9.68. The van der Waals surface area contributed by atoms with Crippen molar-refractivity contribution in [2.24, 2.45) is 0 Å². The molecule has 0 saturated heterocycles. The third-order valence-electron chi connectivity index (χ3n) is 1.71. The van der Waals surface area contributed by atoms with Crippen molar-refractivity contribution in [1.29, 1.82) is 0 Å². The maximum atomic E-state index is 5.55. The lowest BCUT2D eigenvalue weighted by molar-refractivity contribution is 0.414.